The molecule has 70 valence electrons. The quantitative estimate of drug-likeness (QED) is 0.763. The van der Waals surface area contributed by atoms with Crippen molar-refractivity contribution in [3.05, 3.63) is 19.7 Å². The number of rotatable bonds is 1. The van der Waals surface area contributed by atoms with Crippen molar-refractivity contribution in [2.45, 2.75) is 25.2 Å². The van der Waals surface area contributed by atoms with Crippen LogP contribution in [-0.2, 0) is 5.41 Å². The van der Waals surface area contributed by atoms with Gasteiger partial charge in [0.15, 0.2) is 0 Å². The largest absolute Gasteiger partial charge is 0.492 e. The summed E-state index contributed by atoms with van der Waals surface area (Å²) in [4.78, 5) is 17.9. The number of nitrogens with one attached hydrogen (secondary N) is 1. The second kappa shape index (κ2) is 2.70. The predicted octanol–water partition coefficient (Wildman–Crippen LogP) is 1.13. The number of aromatic amines is 1. The van der Waals surface area contributed by atoms with E-state index in [-0.39, 0.29) is 20.4 Å². The maximum atomic E-state index is 11.3. The van der Waals surface area contributed by atoms with Crippen LogP contribution >= 0.6 is 22.6 Å². The molecule has 0 atom stereocenters. The minimum Gasteiger partial charge on any atom is -0.492 e. The number of aromatic nitrogens is 2. The lowest BCUT2D eigenvalue weighted by atomic mass is 10.1. The number of H-pyrrole nitrogens is 1. The van der Waals surface area contributed by atoms with E-state index in [1.54, 1.807) is 22.6 Å². The van der Waals surface area contributed by atoms with Gasteiger partial charge in [0.05, 0.1) is 0 Å². The molecule has 1 aliphatic carbocycles. The Hall–Kier alpha value is -0.590. The topological polar surface area (TPSA) is 66.0 Å². The van der Waals surface area contributed by atoms with Crippen molar-refractivity contribution in [1.29, 1.82) is 0 Å². The van der Waals surface area contributed by atoms with Crippen molar-refractivity contribution in [3.63, 3.8) is 0 Å². The summed E-state index contributed by atoms with van der Waals surface area (Å²) in [6.45, 7) is 2.03. The third-order valence-corrected chi connectivity index (χ3v) is 3.39. The average molecular weight is 292 g/mol. The molecule has 1 aromatic heterocycles. The Balaban J connectivity index is 2.56. The minimum absolute atomic E-state index is 0.0129. The molecule has 0 aliphatic heterocycles. The molecule has 1 heterocycles. The molecule has 0 amide bonds. The highest BCUT2D eigenvalue weighted by molar-refractivity contribution is 14.1. The van der Waals surface area contributed by atoms with Crippen LogP contribution in [-0.4, -0.2) is 15.1 Å². The first-order valence-corrected chi connectivity index (χ1v) is 5.10. The van der Waals surface area contributed by atoms with Crippen LogP contribution < -0.4 is 5.56 Å². The van der Waals surface area contributed by atoms with Gasteiger partial charge >= 0.3 is 0 Å². The molecule has 1 saturated carbocycles. The number of hydrogen-bond acceptors (Lipinski definition) is 3. The van der Waals surface area contributed by atoms with Gasteiger partial charge in [-0.25, -0.2) is 0 Å². The van der Waals surface area contributed by atoms with Gasteiger partial charge in [-0.05, 0) is 35.4 Å². The zero-order chi connectivity index (χ0) is 9.64. The van der Waals surface area contributed by atoms with Gasteiger partial charge in [0.25, 0.3) is 5.56 Å². The fourth-order valence-electron chi connectivity index (χ4n) is 1.16. The molecule has 1 aromatic rings. The lowest BCUT2D eigenvalue weighted by Gasteiger charge is -2.07. The highest BCUT2D eigenvalue weighted by atomic mass is 127. The Morgan fingerprint density at radius 2 is 2.23 bits per heavy atom. The molecule has 5 heteroatoms. The standard InChI is InChI=1S/C8H9IN2O2/c1-8(2-3-8)7-10-5(12)4(9)6(13)11-7/h2-3H2,1H3,(H2,10,11,12,13). The highest BCUT2D eigenvalue weighted by Crippen LogP contribution is 2.45. The maximum Gasteiger partial charge on any atom is 0.268 e. The zero-order valence-electron chi connectivity index (χ0n) is 7.09. The van der Waals surface area contributed by atoms with Gasteiger partial charge in [0.2, 0.25) is 5.88 Å². The third-order valence-electron chi connectivity index (χ3n) is 2.42. The summed E-state index contributed by atoms with van der Waals surface area (Å²) in [5.74, 6) is 0.447. The van der Waals surface area contributed by atoms with Crippen molar-refractivity contribution in [2.24, 2.45) is 0 Å². The first-order chi connectivity index (χ1) is 6.03. The van der Waals surface area contributed by atoms with Crippen LogP contribution in [0.3, 0.4) is 0 Å². The van der Waals surface area contributed by atoms with Gasteiger partial charge in [-0.1, -0.05) is 6.92 Å². The van der Waals surface area contributed by atoms with E-state index in [4.69, 9.17) is 0 Å². The van der Waals surface area contributed by atoms with E-state index in [0.717, 1.165) is 12.8 Å². The summed E-state index contributed by atoms with van der Waals surface area (Å²) < 4.78 is 0.255. The summed E-state index contributed by atoms with van der Waals surface area (Å²) in [7, 11) is 0. The van der Waals surface area contributed by atoms with Crippen LogP contribution in [0.1, 0.15) is 25.6 Å². The van der Waals surface area contributed by atoms with Crippen molar-refractivity contribution in [3.8, 4) is 5.88 Å². The lowest BCUT2D eigenvalue weighted by Crippen LogP contribution is -2.18. The van der Waals surface area contributed by atoms with E-state index in [2.05, 4.69) is 9.97 Å². The van der Waals surface area contributed by atoms with E-state index in [9.17, 15) is 9.90 Å². The van der Waals surface area contributed by atoms with Crippen LogP contribution in [0.15, 0.2) is 4.79 Å². The molecule has 0 spiro atoms. The molecule has 0 saturated heterocycles. The van der Waals surface area contributed by atoms with Crippen LogP contribution in [0, 0.1) is 3.57 Å². The fourth-order valence-corrected chi connectivity index (χ4v) is 1.41. The minimum atomic E-state index is -0.253. The molecule has 2 rings (SSSR count). The van der Waals surface area contributed by atoms with Gasteiger partial charge in [0.1, 0.15) is 9.39 Å². The van der Waals surface area contributed by atoms with Crippen LogP contribution in [0.4, 0.5) is 0 Å². The molecule has 1 fully saturated rings. The van der Waals surface area contributed by atoms with E-state index < -0.39 is 0 Å². The van der Waals surface area contributed by atoms with Gasteiger partial charge in [-0.2, -0.15) is 4.98 Å². The Morgan fingerprint density at radius 1 is 1.62 bits per heavy atom. The normalized spacial score (nSPS) is 18.6. The number of hydrogen-bond donors (Lipinski definition) is 2. The Morgan fingerprint density at radius 3 is 2.69 bits per heavy atom. The Labute approximate surface area is 88.5 Å². The summed E-state index contributed by atoms with van der Waals surface area (Å²) in [6.07, 6.45) is 2.05. The lowest BCUT2D eigenvalue weighted by molar-refractivity contribution is 0.439. The zero-order valence-corrected chi connectivity index (χ0v) is 9.25. The first-order valence-electron chi connectivity index (χ1n) is 4.02. The summed E-state index contributed by atoms with van der Waals surface area (Å²) in [6, 6.07) is 0. The second-order valence-electron chi connectivity index (χ2n) is 3.61. The second-order valence-corrected chi connectivity index (χ2v) is 4.69. The van der Waals surface area contributed by atoms with Crippen molar-refractivity contribution < 1.29 is 5.11 Å². The molecule has 0 aromatic carbocycles. The molecule has 13 heavy (non-hydrogen) atoms. The Bertz CT molecular complexity index is 409. The van der Waals surface area contributed by atoms with E-state index in [1.165, 1.54) is 0 Å². The van der Waals surface area contributed by atoms with Crippen molar-refractivity contribution >= 4 is 22.6 Å². The third kappa shape index (κ3) is 1.45. The number of aromatic hydroxyl groups is 1. The summed E-state index contributed by atoms with van der Waals surface area (Å²) >= 11 is 1.78. The smallest absolute Gasteiger partial charge is 0.268 e. The van der Waals surface area contributed by atoms with Gasteiger partial charge < -0.3 is 10.1 Å². The average Bonchev–Trinajstić information content (AvgIpc) is 2.80. The van der Waals surface area contributed by atoms with Gasteiger partial charge in [-0.3, -0.25) is 4.79 Å². The number of nitrogens with zero attached hydrogens (tertiary/aromatic N) is 1. The maximum absolute atomic E-state index is 11.3. The van der Waals surface area contributed by atoms with Gasteiger partial charge in [-0.15, -0.1) is 0 Å². The van der Waals surface area contributed by atoms with Crippen LogP contribution in [0.25, 0.3) is 0 Å². The molecule has 4 nitrogen and oxygen atoms in total. The highest BCUT2D eigenvalue weighted by Gasteiger charge is 2.42. The van der Waals surface area contributed by atoms with E-state index in [1.807, 2.05) is 6.92 Å². The molecule has 1 aliphatic rings. The van der Waals surface area contributed by atoms with Crippen molar-refractivity contribution in [2.75, 3.05) is 0 Å². The monoisotopic (exact) mass is 292 g/mol. The number of halogens is 1. The van der Waals surface area contributed by atoms with E-state index >= 15 is 0 Å². The molecule has 0 bridgehead atoms. The summed E-state index contributed by atoms with van der Waals surface area (Å²) in [5, 5.41) is 9.33. The van der Waals surface area contributed by atoms with Crippen LogP contribution in [0.5, 0.6) is 5.88 Å². The predicted molar refractivity (Wildman–Crippen MR) is 55.8 cm³/mol. The SMILES string of the molecule is CC1(c2nc(O)c(I)c(=O)[nH]2)CC1. The van der Waals surface area contributed by atoms with E-state index in [0.29, 0.717) is 5.82 Å². The molecular formula is C8H9IN2O2. The van der Waals surface area contributed by atoms with Crippen molar-refractivity contribution in [1.82, 2.24) is 9.97 Å². The first kappa shape index (κ1) is 8.98. The molecule has 2 N–H and O–H groups in total. The molecular weight excluding hydrogens is 283 g/mol. The molecule has 0 radical (unpaired) electrons. The molecule has 0 unspecified atom stereocenters. The summed E-state index contributed by atoms with van der Waals surface area (Å²) in [5.41, 5.74) is -0.266. The Kier molecular flexibility index (Phi) is 1.86. The van der Waals surface area contributed by atoms with Gasteiger partial charge in [0, 0.05) is 5.41 Å². The fraction of sp³-hybridized carbons (Fsp3) is 0.500. The van der Waals surface area contributed by atoms with Crippen LogP contribution in [0.2, 0.25) is 0 Å².